The van der Waals surface area contributed by atoms with Gasteiger partial charge in [-0.3, -0.25) is 9.59 Å². The highest BCUT2D eigenvalue weighted by Gasteiger charge is 2.38. The van der Waals surface area contributed by atoms with Crippen molar-refractivity contribution >= 4 is 29.5 Å². The van der Waals surface area contributed by atoms with Gasteiger partial charge < -0.3 is 10.6 Å². The number of halogens is 4. The summed E-state index contributed by atoms with van der Waals surface area (Å²) in [7, 11) is 0. The number of rotatable bonds is 5. The number of carbonyl (C=O) groups is 2. The lowest BCUT2D eigenvalue weighted by Gasteiger charge is -2.07. The molecule has 0 spiro atoms. The average Bonchev–Trinajstić information content (AvgIpc) is 2.41. The largest absolute Gasteiger partial charge is 0.471 e. The molecular weight excluding hydrogens is 309 g/mol. The molecule has 0 saturated heterocycles. The minimum absolute atomic E-state index is 0.106. The Bertz CT molecular complexity index is 527. The molecule has 8 heteroatoms. The molecule has 1 rings (SSSR count). The zero-order valence-electron chi connectivity index (χ0n) is 10.7. The van der Waals surface area contributed by atoms with Crippen molar-refractivity contribution in [3.8, 4) is 0 Å². The molecule has 0 aliphatic heterocycles. The van der Waals surface area contributed by atoms with Gasteiger partial charge in [0.1, 0.15) is 0 Å². The summed E-state index contributed by atoms with van der Waals surface area (Å²) >= 11 is 5.70. The zero-order valence-corrected chi connectivity index (χ0v) is 11.5. The van der Waals surface area contributed by atoms with Crippen LogP contribution in [0.2, 0.25) is 5.02 Å². The SMILES string of the molecule is O=C(/C=C/c1ccc(Cl)cc1)NCCNC(=O)C(F)(F)F. The zero-order chi connectivity index (χ0) is 15.9. The fourth-order valence-corrected chi connectivity index (χ4v) is 1.39. The van der Waals surface area contributed by atoms with E-state index in [1.807, 2.05) is 0 Å². The van der Waals surface area contributed by atoms with Crippen molar-refractivity contribution < 1.29 is 22.8 Å². The van der Waals surface area contributed by atoms with Gasteiger partial charge in [-0.15, -0.1) is 0 Å². The highest BCUT2D eigenvalue weighted by Crippen LogP contribution is 2.13. The van der Waals surface area contributed by atoms with Gasteiger partial charge in [-0.25, -0.2) is 0 Å². The fourth-order valence-electron chi connectivity index (χ4n) is 1.27. The lowest BCUT2D eigenvalue weighted by Crippen LogP contribution is -2.40. The second kappa shape index (κ2) is 7.68. The molecule has 21 heavy (non-hydrogen) atoms. The third-order valence-electron chi connectivity index (χ3n) is 2.26. The van der Waals surface area contributed by atoms with E-state index in [-0.39, 0.29) is 13.1 Å². The Kier molecular flexibility index (Phi) is 6.23. The summed E-state index contributed by atoms with van der Waals surface area (Å²) in [5, 5.41) is 4.54. The molecule has 1 aromatic rings. The normalized spacial score (nSPS) is 11.4. The van der Waals surface area contributed by atoms with Gasteiger partial charge in [-0.1, -0.05) is 23.7 Å². The molecule has 2 amide bonds. The standard InChI is InChI=1S/C13H12ClF3N2O2/c14-10-4-1-9(2-5-10)3-6-11(20)18-7-8-19-12(21)13(15,16)17/h1-6H,7-8H2,(H,18,20)(H,19,21)/b6-3+. The summed E-state index contributed by atoms with van der Waals surface area (Å²) in [4.78, 5) is 21.8. The Morgan fingerprint density at radius 3 is 2.24 bits per heavy atom. The Labute approximate surface area is 124 Å². The number of hydrogen-bond donors (Lipinski definition) is 2. The van der Waals surface area contributed by atoms with Gasteiger partial charge >= 0.3 is 12.1 Å². The third-order valence-corrected chi connectivity index (χ3v) is 2.52. The van der Waals surface area contributed by atoms with E-state index in [0.29, 0.717) is 5.02 Å². The maximum absolute atomic E-state index is 11.9. The quantitative estimate of drug-likeness (QED) is 0.645. The van der Waals surface area contributed by atoms with Crippen molar-refractivity contribution in [1.82, 2.24) is 10.6 Å². The van der Waals surface area contributed by atoms with Crippen LogP contribution in [-0.2, 0) is 9.59 Å². The van der Waals surface area contributed by atoms with Crippen LogP contribution in [-0.4, -0.2) is 31.1 Å². The van der Waals surface area contributed by atoms with Crippen molar-refractivity contribution in [2.75, 3.05) is 13.1 Å². The van der Waals surface area contributed by atoms with Gasteiger partial charge in [0, 0.05) is 24.2 Å². The van der Waals surface area contributed by atoms with Gasteiger partial charge in [-0.05, 0) is 23.8 Å². The third kappa shape index (κ3) is 6.80. The van der Waals surface area contributed by atoms with Crippen LogP contribution in [0.1, 0.15) is 5.56 Å². The number of alkyl halides is 3. The van der Waals surface area contributed by atoms with E-state index in [1.165, 1.54) is 12.2 Å². The molecule has 4 nitrogen and oxygen atoms in total. The second-order valence-corrected chi connectivity index (χ2v) is 4.37. The second-order valence-electron chi connectivity index (χ2n) is 3.93. The van der Waals surface area contributed by atoms with E-state index >= 15 is 0 Å². The summed E-state index contributed by atoms with van der Waals surface area (Å²) in [6.45, 7) is -0.412. The first-order valence-corrected chi connectivity index (χ1v) is 6.23. The van der Waals surface area contributed by atoms with E-state index in [2.05, 4.69) is 5.32 Å². The lowest BCUT2D eigenvalue weighted by atomic mass is 10.2. The summed E-state index contributed by atoms with van der Waals surface area (Å²) < 4.78 is 35.6. The smallest absolute Gasteiger partial charge is 0.351 e. The molecule has 2 N–H and O–H groups in total. The number of amides is 2. The highest BCUT2D eigenvalue weighted by molar-refractivity contribution is 6.30. The molecule has 0 aliphatic carbocycles. The van der Waals surface area contributed by atoms with E-state index in [1.54, 1.807) is 29.6 Å². The van der Waals surface area contributed by atoms with Gasteiger partial charge in [0.2, 0.25) is 5.91 Å². The van der Waals surface area contributed by atoms with Crippen molar-refractivity contribution in [2.45, 2.75) is 6.18 Å². The molecule has 0 radical (unpaired) electrons. The maximum atomic E-state index is 11.9. The monoisotopic (exact) mass is 320 g/mol. The summed E-state index contributed by atoms with van der Waals surface area (Å²) in [6, 6.07) is 6.73. The fraction of sp³-hybridized carbons (Fsp3) is 0.231. The topological polar surface area (TPSA) is 58.2 Å². The van der Waals surface area contributed by atoms with Crippen molar-refractivity contribution in [3.63, 3.8) is 0 Å². The van der Waals surface area contributed by atoms with Crippen LogP contribution in [0, 0.1) is 0 Å². The van der Waals surface area contributed by atoms with Crippen LogP contribution < -0.4 is 10.6 Å². The van der Waals surface area contributed by atoms with E-state index in [9.17, 15) is 22.8 Å². The van der Waals surface area contributed by atoms with Crippen LogP contribution in [0.3, 0.4) is 0 Å². The van der Waals surface area contributed by atoms with Crippen LogP contribution in [0.5, 0.6) is 0 Å². The summed E-state index contributed by atoms with van der Waals surface area (Å²) in [5.41, 5.74) is 0.750. The molecule has 0 heterocycles. The number of hydrogen-bond acceptors (Lipinski definition) is 2. The Morgan fingerprint density at radius 1 is 1.10 bits per heavy atom. The Morgan fingerprint density at radius 2 is 1.67 bits per heavy atom. The summed E-state index contributed by atoms with van der Waals surface area (Å²) in [6.07, 6.45) is -2.16. The number of nitrogens with one attached hydrogen (secondary N) is 2. The van der Waals surface area contributed by atoms with Crippen molar-refractivity contribution in [3.05, 3.63) is 40.9 Å². The van der Waals surface area contributed by atoms with Gasteiger partial charge in [-0.2, -0.15) is 13.2 Å². The predicted molar refractivity (Wildman–Crippen MR) is 72.6 cm³/mol. The molecule has 114 valence electrons. The lowest BCUT2D eigenvalue weighted by molar-refractivity contribution is -0.173. The molecule has 0 atom stereocenters. The molecule has 1 aromatic carbocycles. The Balaban J connectivity index is 2.28. The first-order valence-electron chi connectivity index (χ1n) is 5.85. The van der Waals surface area contributed by atoms with Gasteiger partial charge in [0.15, 0.2) is 0 Å². The molecule has 0 aromatic heterocycles. The van der Waals surface area contributed by atoms with Crippen molar-refractivity contribution in [1.29, 1.82) is 0 Å². The molecular formula is C13H12ClF3N2O2. The first kappa shape index (κ1) is 17.0. The van der Waals surface area contributed by atoms with Gasteiger partial charge in [0.05, 0.1) is 0 Å². The maximum Gasteiger partial charge on any atom is 0.471 e. The van der Waals surface area contributed by atoms with E-state index in [4.69, 9.17) is 11.6 Å². The van der Waals surface area contributed by atoms with Crippen LogP contribution >= 0.6 is 11.6 Å². The first-order chi connectivity index (χ1) is 9.79. The van der Waals surface area contributed by atoms with Crippen LogP contribution in [0.15, 0.2) is 30.3 Å². The van der Waals surface area contributed by atoms with Gasteiger partial charge in [0.25, 0.3) is 0 Å². The average molecular weight is 321 g/mol. The van der Waals surface area contributed by atoms with E-state index < -0.39 is 18.0 Å². The molecule has 0 unspecified atom stereocenters. The predicted octanol–water partition coefficient (Wildman–Crippen LogP) is 2.15. The minimum Gasteiger partial charge on any atom is -0.351 e. The minimum atomic E-state index is -4.92. The van der Waals surface area contributed by atoms with Crippen molar-refractivity contribution in [2.24, 2.45) is 0 Å². The number of benzene rings is 1. The molecule has 0 bridgehead atoms. The molecule has 0 fully saturated rings. The Hall–Kier alpha value is -2.02. The summed E-state index contributed by atoms with van der Waals surface area (Å²) in [5.74, 6) is -2.51. The van der Waals surface area contributed by atoms with Crippen LogP contribution in [0.25, 0.3) is 6.08 Å². The highest BCUT2D eigenvalue weighted by atomic mass is 35.5. The molecule has 0 aliphatic rings. The number of carbonyl (C=O) groups excluding carboxylic acids is 2. The van der Waals surface area contributed by atoms with Crippen LogP contribution in [0.4, 0.5) is 13.2 Å². The van der Waals surface area contributed by atoms with E-state index in [0.717, 1.165) is 5.56 Å². The molecule has 0 saturated carbocycles.